The van der Waals surface area contributed by atoms with Crippen molar-refractivity contribution in [3.63, 3.8) is 0 Å². The van der Waals surface area contributed by atoms with E-state index in [1.807, 2.05) is 0 Å². The SMILES string of the molecule is CO.CO.COc1cccc(C=NCC([O-])CN=Cc2cccc(OC)c2[O-])c1[O-].COc1cccc(C=NCC([O-])CN=Cc2cccc(OC)c2[O-])c1[O-].[Fe+3].[Fe+3]. The largest absolute Gasteiger partial charge is 3.00 e. The van der Waals surface area contributed by atoms with Gasteiger partial charge in [-0.3, -0.25) is 20.0 Å². The first kappa shape index (κ1) is 54.9. The van der Waals surface area contributed by atoms with Gasteiger partial charge in [0.05, 0.1) is 28.4 Å². The Balaban J connectivity index is 0. The second kappa shape index (κ2) is 31.9. The van der Waals surface area contributed by atoms with Gasteiger partial charge < -0.3 is 59.8 Å². The van der Waals surface area contributed by atoms with E-state index in [1.165, 1.54) is 53.3 Å². The number of ether oxygens (including phenoxy) is 4. The van der Waals surface area contributed by atoms with E-state index in [2.05, 4.69) is 20.0 Å². The molecule has 0 aliphatic heterocycles. The summed E-state index contributed by atoms with van der Waals surface area (Å²) in [6, 6.07) is 19.4. The first-order valence-electron chi connectivity index (χ1n) is 16.7. The molecule has 0 spiro atoms. The maximum absolute atomic E-state index is 11.9. The third-order valence-electron chi connectivity index (χ3n) is 7.07. The second-order valence-electron chi connectivity index (χ2n) is 10.7. The molecule has 0 atom stereocenters. The molecule has 0 fully saturated rings. The van der Waals surface area contributed by atoms with Crippen molar-refractivity contribution < 1.29 is 93.9 Å². The summed E-state index contributed by atoms with van der Waals surface area (Å²) in [5.74, 6) is -0.207. The number of aliphatic hydroxyl groups is 2. The third-order valence-corrected chi connectivity index (χ3v) is 7.07. The van der Waals surface area contributed by atoms with Gasteiger partial charge in [-0.2, -0.15) is 0 Å². The van der Waals surface area contributed by atoms with Crippen LogP contribution < -0.4 is 49.6 Å². The van der Waals surface area contributed by atoms with Gasteiger partial charge in [0.2, 0.25) is 0 Å². The molecule has 0 heterocycles. The van der Waals surface area contributed by atoms with Crippen molar-refractivity contribution in [2.75, 3.05) is 68.8 Å². The Kier molecular flexibility index (Phi) is 30.2. The number of nitrogens with zero attached hydrogens (tertiary/aromatic N) is 4. The first-order chi connectivity index (χ1) is 27.1. The average Bonchev–Trinajstić information content (AvgIpc) is 3.22. The van der Waals surface area contributed by atoms with E-state index in [9.17, 15) is 30.6 Å². The van der Waals surface area contributed by atoms with Crippen LogP contribution in [0.25, 0.3) is 0 Å². The zero-order valence-corrected chi connectivity index (χ0v) is 34.9. The fourth-order valence-corrected chi connectivity index (χ4v) is 4.37. The van der Waals surface area contributed by atoms with Gasteiger partial charge in [-0.25, -0.2) is 0 Å². The Morgan fingerprint density at radius 1 is 0.431 bits per heavy atom. The molecule has 0 saturated carbocycles. The maximum atomic E-state index is 11.9. The molecule has 4 rings (SSSR count). The van der Waals surface area contributed by atoms with Crippen LogP contribution in [0.2, 0.25) is 0 Å². The van der Waals surface area contributed by atoms with Gasteiger partial charge in [-0.15, -0.1) is 0 Å². The summed E-state index contributed by atoms with van der Waals surface area (Å²) in [7, 11) is 7.66. The van der Waals surface area contributed by atoms with Gasteiger partial charge >= 0.3 is 34.1 Å². The van der Waals surface area contributed by atoms with Crippen LogP contribution in [0, 0.1) is 0 Å². The summed E-state index contributed by atoms with van der Waals surface area (Å²) in [5.41, 5.74) is 1.42. The standard InChI is InChI=1S/2C19H21N2O5.2CH4O.2Fe/c2*1-25-16-7-3-5-13(18(16)23)9-20-11-15(22)12-21-10-14-6-4-8-17(26-2)19(14)24;2*1-2;;/h2*3-10,15,23-24H,11-12H2,1-2H3;2*2H,1H3;;/q2*-1;;;2*+3/p-4. The van der Waals surface area contributed by atoms with Crippen molar-refractivity contribution >= 4 is 24.9 Å². The Morgan fingerprint density at radius 3 is 0.793 bits per heavy atom. The molecule has 0 unspecified atom stereocenters. The zero-order chi connectivity index (χ0) is 41.9. The second-order valence-corrected chi connectivity index (χ2v) is 10.7. The first-order valence-corrected chi connectivity index (χ1v) is 16.7. The molecule has 58 heavy (non-hydrogen) atoms. The minimum absolute atomic E-state index is 0. The predicted octanol–water partition coefficient (Wildman–Crippen LogP) is -0.552. The van der Waals surface area contributed by atoms with Crippen LogP contribution in [0.3, 0.4) is 0 Å². The fourth-order valence-electron chi connectivity index (χ4n) is 4.37. The molecule has 2 radical (unpaired) electrons. The summed E-state index contributed by atoms with van der Waals surface area (Å²) in [6.07, 6.45) is 3.27. The number of benzene rings is 4. The van der Waals surface area contributed by atoms with Crippen molar-refractivity contribution in [1.29, 1.82) is 0 Å². The van der Waals surface area contributed by atoms with E-state index in [1.54, 1.807) is 72.8 Å². The Labute approximate surface area is 359 Å². The summed E-state index contributed by atoms with van der Waals surface area (Å²) in [5, 5.41) is 85.5. The minimum atomic E-state index is -1.08. The smallest absolute Gasteiger partial charge is 0.870 e. The Morgan fingerprint density at radius 2 is 0.621 bits per heavy atom. The van der Waals surface area contributed by atoms with E-state index < -0.39 is 12.2 Å². The van der Waals surface area contributed by atoms with E-state index in [-0.39, 0.29) is 106 Å². The van der Waals surface area contributed by atoms with E-state index in [0.29, 0.717) is 22.3 Å². The molecule has 4 aromatic carbocycles. The minimum Gasteiger partial charge on any atom is -0.870 e. The molecule has 0 saturated heterocycles. The van der Waals surface area contributed by atoms with Gasteiger partial charge in [0.25, 0.3) is 0 Å². The number of methoxy groups -OCH3 is 4. The fraction of sp³-hybridized carbons (Fsp3) is 0.300. The van der Waals surface area contributed by atoms with Crippen molar-refractivity contribution in [1.82, 2.24) is 0 Å². The van der Waals surface area contributed by atoms with Crippen molar-refractivity contribution in [3.8, 4) is 46.0 Å². The summed E-state index contributed by atoms with van der Waals surface area (Å²) >= 11 is 0. The number of aliphatic imine (C=N–C) groups is 4. The molecule has 0 amide bonds. The van der Waals surface area contributed by atoms with Crippen molar-refractivity contribution in [3.05, 3.63) is 95.1 Å². The number of hydrogen-bond donors (Lipinski definition) is 2. The maximum Gasteiger partial charge on any atom is 3.00 e. The topological polar surface area (TPSA) is 265 Å². The zero-order valence-electron chi connectivity index (χ0n) is 32.7. The molecule has 0 aliphatic carbocycles. The molecular formula is C40H46Fe2N4O12. The summed E-state index contributed by atoms with van der Waals surface area (Å²) in [4.78, 5) is 16.0. The number of aliphatic hydroxyl groups excluding tert-OH is 2. The molecule has 0 bridgehead atoms. The van der Waals surface area contributed by atoms with Crippen LogP contribution in [-0.2, 0) is 34.1 Å². The van der Waals surface area contributed by atoms with Crippen LogP contribution >= 0.6 is 0 Å². The summed E-state index contributed by atoms with van der Waals surface area (Å²) in [6.45, 7) is -0.126. The van der Waals surface area contributed by atoms with Crippen molar-refractivity contribution in [2.24, 2.45) is 20.0 Å². The normalized spacial score (nSPS) is 11.5. The number of para-hydroxylation sites is 4. The quantitative estimate of drug-likeness (QED) is 0.106. The molecule has 2 N–H and O–H groups in total. The van der Waals surface area contributed by atoms with E-state index in [0.717, 1.165) is 14.2 Å². The van der Waals surface area contributed by atoms with Crippen LogP contribution in [-0.4, -0.2) is 116 Å². The van der Waals surface area contributed by atoms with E-state index in [4.69, 9.17) is 29.2 Å². The molecule has 314 valence electrons. The molecule has 4 aromatic rings. The molecule has 16 nitrogen and oxygen atoms in total. The Hall–Kier alpha value is -5.16. The van der Waals surface area contributed by atoms with Crippen LogP contribution in [0.5, 0.6) is 46.0 Å². The van der Waals surface area contributed by atoms with Gasteiger partial charge in [0.15, 0.2) is 0 Å². The van der Waals surface area contributed by atoms with E-state index >= 15 is 0 Å². The molecular weight excluding hydrogens is 840 g/mol. The third kappa shape index (κ3) is 18.4. The number of hydrogen-bond acceptors (Lipinski definition) is 16. The molecule has 18 heteroatoms. The predicted molar refractivity (Wildman–Crippen MR) is 203 cm³/mol. The monoisotopic (exact) mass is 886 g/mol. The number of rotatable bonds is 16. The molecule has 0 aliphatic rings. The van der Waals surface area contributed by atoms with Crippen LogP contribution in [0.15, 0.2) is 92.8 Å². The van der Waals surface area contributed by atoms with Gasteiger partial charge in [0.1, 0.15) is 23.0 Å². The van der Waals surface area contributed by atoms with Crippen molar-refractivity contribution in [2.45, 2.75) is 12.2 Å². The average molecular weight is 887 g/mol. The van der Waals surface area contributed by atoms with Crippen LogP contribution in [0.4, 0.5) is 0 Å². The van der Waals surface area contributed by atoms with Gasteiger partial charge in [-0.05, 0) is 46.5 Å². The van der Waals surface area contributed by atoms with Gasteiger partial charge in [-0.1, -0.05) is 83.7 Å². The van der Waals surface area contributed by atoms with Gasteiger partial charge in [0, 0.05) is 65.3 Å². The molecule has 0 aromatic heterocycles. The van der Waals surface area contributed by atoms with Crippen LogP contribution in [0.1, 0.15) is 22.3 Å². The summed E-state index contributed by atoms with van der Waals surface area (Å²) < 4.78 is 19.8. The Bertz CT molecular complexity index is 1600.